The maximum Gasteiger partial charge on any atom is 0.245 e. The molecule has 1 aliphatic heterocycles. The average Bonchev–Trinajstić information content (AvgIpc) is 2.53. The molecule has 0 amide bonds. The number of allylic oxidation sites excluding steroid dienone is 2. The number of methoxy groups -OCH3 is 1. The number of nitrogens with one attached hydrogen (secondary N) is 1. The molecule has 0 unspecified atom stereocenters. The van der Waals surface area contributed by atoms with Crippen LogP contribution in [-0.4, -0.2) is 39.4 Å². The Morgan fingerprint density at radius 3 is 2.46 bits per heavy atom. The number of carbonyl (C=O) groups is 2. The van der Waals surface area contributed by atoms with Gasteiger partial charge in [0.1, 0.15) is 10.6 Å². The number of ether oxygens (including phenoxy) is 1. The van der Waals surface area contributed by atoms with E-state index in [1.54, 1.807) is 24.3 Å². The van der Waals surface area contributed by atoms with E-state index in [2.05, 4.69) is 5.32 Å². The lowest BCUT2D eigenvalue weighted by atomic mass is 9.93. The lowest BCUT2D eigenvalue weighted by molar-refractivity contribution is -0.118. The van der Waals surface area contributed by atoms with Crippen molar-refractivity contribution in [3.8, 4) is 0 Å². The number of rotatable bonds is 3. The first-order chi connectivity index (χ1) is 11.3. The van der Waals surface area contributed by atoms with Crippen molar-refractivity contribution in [1.82, 2.24) is 5.32 Å². The summed E-state index contributed by atoms with van der Waals surface area (Å²) in [6.45, 7) is 0.0870. The first kappa shape index (κ1) is 16.7. The van der Waals surface area contributed by atoms with E-state index in [4.69, 9.17) is 16.3 Å². The summed E-state index contributed by atoms with van der Waals surface area (Å²) in [6.07, 6.45) is 0.0806. The van der Waals surface area contributed by atoms with E-state index in [0.717, 1.165) is 5.56 Å². The van der Waals surface area contributed by atoms with Crippen molar-refractivity contribution in [3.63, 3.8) is 0 Å². The molecule has 126 valence electrons. The zero-order valence-electron chi connectivity index (χ0n) is 12.8. The minimum absolute atomic E-state index is 0.0378. The van der Waals surface area contributed by atoms with E-state index in [1.807, 2.05) is 0 Å². The van der Waals surface area contributed by atoms with E-state index >= 15 is 0 Å². The molecule has 0 bridgehead atoms. The fourth-order valence-corrected chi connectivity index (χ4v) is 4.34. The van der Waals surface area contributed by atoms with E-state index in [-0.39, 0.29) is 35.7 Å². The van der Waals surface area contributed by atoms with Gasteiger partial charge in [-0.15, -0.1) is 0 Å². The van der Waals surface area contributed by atoms with Gasteiger partial charge in [0.25, 0.3) is 0 Å². The smallest absolute Gasteiger partial charge is 0.245 e. The minimum atomic E-state index is -3.79. The predicted octanol–water partition coefficient (Wildman–Crippen LogP) is 1.16. The molecule has 8 heteroatoms. The van der Waals surface area contributed by atoms with Crippen molar-refractivity contribution in [2.75, 3.05) is 19.4 Å². The molecule has 1 heterocycles. The summed E-state index contributed by atoms with van der Waals surface area (Å²) < 4.78 is 29.6. The molecule has 24 heavy (non-hydrogen) atoms. The van der Waals surface area contributed by atoms with Gasteiger partial charge in [0.2, 0.25) is 11.6 Å². The van der Waals surface area contributed by atoms with Gasteiger partial charge in [0, 0.05) is 18.0 Å². The number of carbonyl (C=O) groups excluding carboxylic acids is 2. The highest BCUT2D eigenvalue weighted by Gasteiger charge is 2.43. The van der Waals surface area contributed by atoms with Gasteiger partial charge in [0.05, 0.1) is 18.4 Å². The summed E-state index contributed by atoms with van der Waals surface area (Å²) in [5.74, 6) is -1.65. The Bertz CT molecular complexity index is 897. The minimum Gasteiger partial charge on any atom is -0.492 e. The van der Waals surface area contributed by atoms with Crippen molar-refractivity contribution < 1.29 is 22.7 Å². The highest BCUT2D eigenvalue weighted by atomic mass is 35.5. The Balaban J connectivity index is 2.09. The fraction of sp³-hybridized carbons (Fsp3) is 0.250. The summed E-state index contributed by atoms with van der Waals surface area (Å²) in [5, 5.41) is 3.25. The van der Waals surface area contributed by atoms with Crippen molar-refractivity contribution in [2.45, 2.75) is 6.42 Å². The Morgan fingerprint density at radius 1 is 1.17 bits per heavy atom. The van der Waals surface area contributed by atoms with Gasteiger partial charge in [-0.1, -0.05) is 23.7 Å². The van der Waals surface area contributed by atoms with Crippen molar-refractivity contribution >= 4 is 33.0 Å². The van der Waals surface area contributed by atoms with Crippen molar-refractivity contribution in [2.24, 2.45) is 0 Å². The highest BCUT2D eigenvalue weighted by molar-refractivity contribution is 7.96. The van der Waals surface area contributed by atoms with Gasteiger partial charge in [-0.25, -0.2) is 8.42 Å². The third-order valence-electron chi connectivity index (χ3n) is 3.90. The second-order valence-corrected chi connectivity index (χ2v) is 7.91. The van der Waals surface area contributed by atoms with E-state index in [1.165, 1.54) is 7.11 Å². The summed E-state index contributed by atoms with van der Waals surface area (Å²) >= 11 is 5.84. The average molecular weight is 368 g/mol. The standard InChI is InChI=1S/C16H14ClNO5S/c1-23-15-11(8-9-2-4-10(17)5-3-9)13(19)16-12(14(15)20)18-6-7-24(16,21)22/h2-5,18H,6-8H2,1H3. The Morgan fingerprint density at radius 2 is 1.83 bits per heavy atom. The largest absolute Gasteiger partial charge is 0.492 e. The summed E-state index contributed by atoms with van der Waals surface area (Å²) in [4.78, 5) is 24.9. The summed E-state index contributed by atoms with van der Waals surface area (Å²) in [5.41, 5.74) is 0.564. The van der Waals surface area contributed by atoms with Gasteiger partial charge >= 0.3 is 0 Å². The number of benzene rings is 1. The maximum absolute atomic E-state index is 12.8. The van der Waals surface area contributed by atoms with Crippen LogP contribution in [0, 0.1) is 0 Å². The predicted molar refractivity (Wildman–Crippen MR) is 88.0 cm³/mol. The molecule has 1 N–H and O–H groups in total. The monoisotopic (exact) mass is 367 g/mol. The number of ketones is 2. The molecule has 1 aromatic carbocycles. The van der Waals surface area contributed by atoms with Crippen LogP contribution >= 0.6 is 11.6 Å². The van der Waals surface area contributed by atoms with Crippen LogP contribution in [0.3, 0.4) is 0 Å². The second-order valence-electron chi connectivity index (χ2n) is 5.42. The van der Waals surface area contributed by atoms with Crippen LogP contribution in [0.2, 0.25) is 5.02 Å². The number of hydrogen-bond acceptors (Lipinski definition) is 6. The Kier molecular flexibility index (Phi) is 4.23. The highest BCUT2D eigenvalue weighted by Crippen LogP contribution is 2.31. The quantitative estimate of drug-likeness (QED) is 0.806. The van der Waals surface area contributed by atoms with E-state index < -0.39 is 26.3 Å². The third kappa shape index (κ3) is 2.74. The van der Waals surface area contributed by atoms with Crippen LogP contribution in [0.5, 0.6) is 0 Å². The summed E-state index contributed by atoms with van der Waals surface area (Å²) in [7, 11) is -2.51. The number of Topliss-reactive ketones (excluding diaryl/α,β-unsaturated/α-hetero) is 2. The van der Waals surface area contributed by atoms with E-state index in [9.17, 15) is 18.0 Å². The zero-order chi connectivity index (χ0) is 17.5. The van der Waals surface area contributed by atoms with Gasteiger partial charge < -0.3 is 10.1 Å². The van der Waals surface area contributed by atoms with E-state index in [0.29, 0.717) is 5.02 Å². The lowest BCUT2D eigenvalue weighted by Crippen LogP contribution is -2.42. The molecule has 1 aromatic rings. The van der Waals surface area contributed by atoms with Crippen molar-refractivity contribution in [1.29, 1.82) is 0 Å². The SMILES string of the molecule is COC1=C(Cc2ccc(Cl)cc2)C(=O)C2=C(NCCS2(=O)=O)C1=O. The molecular weight excluding hydrogens is 354 g/mol. The van der Waals surface area contributed by atoms with Crippen LogP contribution in [0.25, 0.3) is 0 Å². The molecule has 0 saturated heterocycles. The number of hydrogen-bond donors (Lipinski definition) is 1. The second kappa shape index (κ2) is 6.07. The molecular formula is C16H14ClNO5S. The van der Waals surface area contributed by atoms with Gasteiger partial charge in [0.15, 0.2) is 15.6 Å². The van der Waals surface area contributed by atoms with Crippen molar-refractivity contribution in [3.05, 3.63) is 56.8 Å². The topological polar surface area (TPSA) is 89.5 Å². The fourth-order valence-electron chi connectivity index (χ4n) is 2.76. The summed E-state index contributed by atoms with van der Waals surface area (Å²) in [6, 6.07) is 6.72. The van der Waals surface area contributed by atoms with Gasteiger partial charge in [-0.2, -0.15) is 0 Å². The lowest BCUT2D eigenvalue weighted by Gasteiger charge is -2.26. The molecule has 6 nitrogen and oxygen atoms in total. The van der Waals surface area contributed by atoms with Gasteiger partial charge in [-0.3, -0.25) is 9.59 Å². The first-order valence-corrected chi connectivity index (χ1v) is 9.20. The molecule has 0 radical (unpaired) electrons. The van der Waals surface area contributed by atoms with Crippen LogP contribution in [0.1, 0.15) is 5.56 Å². The molecule has 3 rings (SSSR count). The Labute approximate surface area is 144 Å². The Hall–Kier alpha value is -2.12. The molecule has 0 aromatic heterocycles. The molecule has 1 aliphatic carbocycles. The first-order valence-electron chi connectivity index (χ1n) is 7.17. The maximum atomic E-state index is 12.8. The third-order valence-corrected chi connectivity index (χ3v) is 5.90. The van der Waals surface area contributed by atoms with Gasteiger partial charge in [-0.05, 0) is 17.7 Å². The van der Waals surface area contributed by atoms with Crippen LogP contribution < -0.4 is 5.32 Å². The molecule has 0 fully saturated rings. The normalized spacial score (nSPS) is 19.9. The van der Waals surface area contributed by atoms with Crippen LogP contribution in [0.15, 0.2) is 46.2 Å². The molecule has 2 aliphatic rings. The number of sulfone groups is 1. The van der Waals surface area contributed by atoms with Crippen LogP contribution in [0.4, 0.5) is 0 Å². The molecule has 0 saturated carbocycles. The zero-order valence-corrected chi connectivity index (χ0v) is 14.3. The van der Waals surface area contributed by atoms with Crippen LogP contribution in [-0.2, 0) is 30.6 Å². The molecule has 0 spiro atoms. The number of halogens is 1. The molecule has 0 atom stereocenters.